The van der Waals surface area contributed by atoms with E-state index in [4.69, 9.17) is 9.84 Å². The molecule has 4 heteroatoms. The topological polar surface area (TPSA) is 58.6 Å². The predicted octanol–water partition coefficient (Wildman–Crippen LogP) is 2.61. The number of hydrogen-bond acceptors (Lipinski definition) is 3. The molecule has 94 valence electrons. The fraction of sp³-hybridized carbons (Fsp3) is 0.462. The average molecular weight is 237 g/mol. The summed E-state index contributed by atoms with van der Waals surface area (Å²) in [7, 11) is 0. The van der Waals surface area contributed by atoms with Crippen molar-refractivity contribution in [3.05, 3.63) is 24.3 Å². The first-order valence-corrected chi connectivity index (χ1v) is 5.87. The van der Waals surface area contributed by atoms with Gasteiger partial charge in [-0.15, -0.1) is 0 Å². The Bertz CT molecular complexity index is 365. The van der Waals surface area contributed by atoms with Gasteiger partial charge < -0.3 is 15.2 Å². The van der Waals surface area contributed by atoms with E-state index in [0.29, 0.717) is 19.6 Å². The smallest absolute Gasteiger partial charge is 0.308 e. The van der Waals surface area contributed by atoms with Crippen molar-refractivity contribution in [1.29, 1.82) is 0 Å². The molecule has 1 unspecified atom stereocenters. The lowest BCUT2D eigenvalue weighted by Crippen LogP contribution is -2.22. The van der Waals surface area contributed by atoms with E-state index in [-0.39, 0.29) is 5.92 Å². The van der Waals surface area contributed by atoms with Crippen LogP contribution in [0.5, 0.6) is 5.75 Å². The Morgan fingerprint density at radius 3 is 2.71 bits per heavy atom. The van der Waals surface area contributed by atoms with Gasteiger partial charge in [-0.05, 0) is 25.5 Å². The molecule has 4 nitrogen and oxygen atoms in total. The number of carboxylic acid groups (broad SMARTS) is 1. The molecule has 0 saturated heterocycles. The Hall–Kier alpha value is -1.71. The molecule has 1 aromatic rings. The average Bonchev–Trinajstić information content (AvgIpc) is 2.32. The maximum absolute atomic E-state index is 10.9. The first-order chi connectivity index (χ1) is 8.19. The third kappa shape index (κ3) is 3.98. The quantitative estimate of drug-likeness (QED) is 0.765. The number of anilines is 1. The summed E-state index contributed by atoms with van der Waals surface area (Å²) in [4.78, 5) is 10.9. The number of ether oxygens (including phenoxy) is 1. The summed E-state index contributed by atoms with van der Waals surface area (Å²) in [5.74, 6) is -0.381. The molecular formula is C13H19NO3. The highest BCUT2D eigenvalue weighted by molar-refractivity contribution is 5.71. The van der Waals surface area contributed by atoms with E-state index in [1.165, 1.54) is 0 Å². The fourth-order valence-electron chi connectivity index (χ4n) is 1.53. The molecule has 0 amide bonds. The van der Waals surface area contributed by atoms with Crippen molar-refractivity contribution >= 4 is 11.7 Å². The van der Waals surface area contributed by atoms with Gasteiger partial charge in [0, 0.05) is 6.54 Å². The molecule has 0 radical (unpaired) electrons. The standard InChI is InChI=1S/C13H19NO3/c1-3-10(13(15)16)9-14-11-7-5-6-8-12(11)17-4-2/h5-8,10,14H,3-4,9H2,1-2H3,(H,15,16). The van der Waals surface area contributed by atoms with Crippen LogP contribution < -0.4 is 10.1 Å². The van der Waals surface area contributed by atoms with Crippen molar-refractivity contribution in [3.63, 3.8) is 0 Å². The van der Waals surface area contributed by atoms with E-state index in [0.717, 1.165) is 11.4 Å². The molecule has 0 aliphatic rings. The van der Waals surface area contributed by atoms with Crippen molar-refractivity contribution in [3.8, 4) is 5.75 Å². The van der Waals surface area contributed by atoms with Crippen molar-refractivity contribution in [2.75, 3.05) is 18.5 Å². The van der Waals surface area contributed by atoms with Crippen LogP contribution in [0.2, 0.25) is 0 Å². The maximum atomic E-state index is 10.9. The summed E-state index contributed by atoms with van der Waals surface area (Å²) in [6.07, 6.45) is 0.610. The second-order valence-electron chi connectivity index (χ2n) is 3.75. The van der Waals surface area contributed by atoms with Gasteiger partial charge in [0.25, 0.3) is 0 Å². The molecule has 17 heavy (non-hydrogen) atoms. The third-order valence-electron chi connectivity index (χ3n) is 2.57. The van der Waals surface area contributed by atoms with E-state index in [1.807, 2.05) is 38.1 Å². The summed E-state index contributed by atoms with van der Waals surface area (Å²) < 4.78 is 5.45. The molecule has 0 saturated carbocycles. The highest BCUT2D eigenvalue weighted by Crippen LogP contribution is 2.24. The zero-order valence-electron chi connectivity index (χ0n) is 10.3. The zero-order chi connectivity index (χ0) is 12.7. The predicted molar refractivity (Wildman–Crippen MR) is 67.5 cm³/mol. The number of hydrogen-bond donors (Lipinski definition) is 2. The Morgan fingerprint density at radius 1 is 1.41 bits per heavy atom. The van der Waals surface area contributed by atoms with Crippen LogP contribution in [0.1, 0.15) is 20.3 Å². The molecular weight excluding hydrogens is 218 g/mol. The van der Waals surface area contributed by atoms with Gasteiger partial charge in [0.05, 0.1) is 18.2 Å². The molecule has 0 fully saturated rings. The van der Waals surface area contributed by atoms with Gasteiger partial charge in [0.1, 0.15) is 5.75 Å². The van der Waals surface area contributed by atoms with E-state index < -0.39 is 5.97 Å². The van der Waals surface area contributed by atoms with Crippen LogP contribution in [0.15, 0.2) is 24.3 Å². The lowest BCUT2D eigenvalue weighted by atomic mass is 10.1. The number of rotatable bonds is 7. The number of para-hydroxylation sites is 2. The lowest BCUT2D eigenvalue weighted by molar-refractivity contribution is -0.141. The van der Waals surface area contributed by atoms with Crippen molar-refractivity contribution in [2.45, 2.75) is 20.3 Å². The van der Waals surface area contributed by atoms with E-state index in [1.54, 1.807) is 0 Å². The van der Waals surface area contributed by atoms with Gasteiger partial charge in [-0.2, -0.15) is 0 Å². The normalized spacial score (nSPS) is 11.9. The largest absolute Gasteiger partial charge is 0.492 e. The van der Waals surface area contributed by atoms with Gasteiger partial charge in [-0.25, -0.2) is 0 Å². The van der Waals surface area contributed by atoms with Crippen LogP contribution in [0.25, 0.3) is 0 Å². The Morgan fingerprint density at radius 2 is 2.12 bits per heavy atom. The van der Waals surface area contributed by atoms with Gasteiger partial charge >= 0.3 is 5.97 Å². The van der Waals surface area contributed by atoms with Crippen molar-refractivity contribution in [1.82, 2.24) is 0 Å². The Labute approximate surface area is 102 Å². The number of nitrogens with one attached hydrogen (secondary N) is 1. The summed E-state index contributed by atoms with van der Waals surface area (Å²) in [6.45, 7) is 4.79. The fourth-order valence-corrected chi connectivity index (χ4v) is 1.53. The molecule has 1 atom stereocenters. The minimum atomic E-state index is -0.770. The number of aliphatic carboxylic acids is 1. The molecule has 1 rings (SSSR count). The summed E-state index contributed by atoms with van der Waals surface area (Å²) in [5.41, 5.74) is 0.842. The molecule has 0 spiro atoms. The SMILES string of the molecule is CCOc1ccccc1NCC(CC)C(=O)O. The van der Waals surface area contributed by atoms with Crippen LogP contribution in [-0.4, -0.2) is 24.2 Å². The van der Waals surface area contributed by atoms with Crippen LogP contribution in [0.4, 0.5) is 5.69 Å². The molecule has 0 aromatic heterocycles. The summed E-state index contributed by atoms with van der Waals surface area (Å²) in [6, 6.07) is 7.55. The monoisotopic (exact) mass is 237 g/mol. The molecule has 0 aliphatic heterocycles. The molecule has 0 aliphatic carbocycles. The Kier molecular flexibility index (Phi) is 5.33. The minimum absolute atomic E-state index is 0.371. The highest BCUT2D eigenvalue weighted by atomic mass is 16.5. The number of carboxylic acids is 1. The maximum Gasteiger partial charge on any atom is 0.308 e. The van der Waals surface area contributed by atoms with Crippen molar-refractivity contribution in [2.24, 2.45) is 5.92 Å². The van der Waals surface area contributed by atoms with E-state index in [9.17, 15) is 4.79 Å². The number of carbonyl (C=O) groups is 1. The van der Waals surface area contributed by atoms with Crippen LogP contribution in [0, 0.1) is 5.92 Å². The second-order valence-corrected chi connectivity index (χ2v) is 3.75. The number of benzene rings is 1. The van der Waals surface area contributed by atoms with Gasteiger partial charge in [-0.3, -0.25) is 4.79 Å². The second kappa shape index (κ2) is 6.78. The zero-order valence-corrected chi connectivity index (χ0v) is 10.3. The van der Waals surface area contributed by atoms with E-state index in [2.05, 4.69) is 5.32 Å². The van der Waals surface area contributed by atoms with Gasteiger partial charge in [0.2, 0.25) is 0 Å². The van der Waals surface area contributed by atoms with Gasteiger partial charge in [-0.1, -0.05) is 19.1 Å². The van der Waals surface area contributed by atoms with Gasteiger partial charge in [0.15, 0.2) is 0 Å². The van der Waals surface area contributed by atoms with Crippen LogP contribution in [0.3, 0.4) is 0 Å². The lowest BCUT2D eigenvalue weighted by Gasteiger charge is -2.15. The van der Waals surface area contributed by atoms with E-state index >= 15 is 0 Å². The first-order valence-electron chi connectivity index (χ1n) is 5.87. The Balaban J connectivity index is 2.64. The van der Waals surface area contributed by atoms with Crippen LogP contribution >= 0.6 is 0 Å². The third-order valence-corrected chi connectivity index (χ3v) is 2.57. The first kappa shape index (κ1) is 13.4. The molecule has 0 bridgehead atoms. The van der Waals surface area contributed by atoms with Crippen molar-refractivity contribution < 1.29 is 14.6 Å². The van der Waals surface area contributed by atoms with Crippen LogP contribution in [-0.2, 0) is 4.79 Å². The molecule has 0 heterocycles. The highest BCUT2D eigenvalue weighted by Gasteiger charge is 2.15. The molecule has 2 N–H and O–H groups in total. The summed E-state index contributed by atoms with van der Waals surface area (Å²) in [5, 5.41) is 12.1. The minimum Gasteiger partial charge on any atom is -0.492 e. The summed E-state index contributed by atoms with van der Waals surface area (Å²) >= 11 is 0. The molecule has 1 aromatic carbocycles.